The lowest BCUT2D eigenvalue weighted by molar-refractivity contribution is -0.143. The third kappa shape index (κ3) is 4.07. The summed E-state index contributed by atoms with van der Waals surface area (Å²) in [4.78, 5) is 27.4. The highest BCUT2D eigenvalue weighted by Crippen LogP contribution is 2.18. The molecular formula is C17H24N2O3. The van der Waals surface area contributed by atoms with Crippen LogP contribution < -0.4 is 0 Å². The first kappa shape index (κ1) is 16.5. The lowest BCUT2D eigenvalue weighted by Gasteiger charge is -2.30. The molecule has 0 aliphatic carbocycles. The third-order valence-corrected chi connectivity index (χ3v) is 4.13. The van der Waals surface area contributed by atoms with Gasteiger partial charge in [-0.2, -0.15) is 0 Å². The average molecular weight is 304 g/mol. The maximum atomic E-state index is 12.6. The van der Waals surface area contributed by atoms with E-state index in [-0.39, 0.29) is 18.5 Å². The van der Waals surface area contributed by atoms with Crippen LogP contribution >= 0.6 is 0 Å². The highest BCUT2D eigenvalue weighted by atomic mass is 16.4. The lowest BCUT2D eigenvalue weighted by atomic mass is 10.2. The molecule has 1 fully saturated rings. The molecule has 0 saturated carbocycles. The molecule has 120 valence electrons. The van der Waals surface area contributed by atoms with E-state index < -0.39 is 12.0 Å². The van der Waals surface area contributed by atoms with Crippen molar-refractivity contribution in [3.05, 3.63) is 35.9 Å². The molecule has 1 heterocycles. The molecule has 1 atom stereocenters. The molecule has 1 aliphatic heterocycles. The van der Waals surface area contributed by atoms with Crippen LogP contribution in [0.15, 0.2) is 30.3 Å². The van der Waals surface area contributed by atoms with Crippen molar-refractivity contribution in [1.29, 1.82) is 0 Å². The van der Waals surface area contributed by atoms with Crippen LogP contribution in [0.5, 0.6) is 0 Å². The van der Waals surface area contributed by atoms with E-state index in [9.17, 15) is 14.7 Å². The minimum atomic E-state index is -0.829. The predicted octanol–water partition coefficient (Wildman–Crippen LogP) is 1.97. The Kier molecular flexibility index (Phi) is 5.55. The molecular weight excluding hydrogens is 280 g/mol. The van der Waals surface area contributed by atoms with Gasteiger partial charge in [0.05, 0.1) is 6.54 Å². The second-order valence-corrected chi connectivity index (χ2v) is 6.07. The van der Waals surface area contributed by atoms with Gasteiger partial charge in [0.15, 0.2) is 0 Å². The van der Waals surface area contributed by atoms with Crippen molar-refractivity contribution in [3.63, 3.8) is 0 Å². The first-order valence-electron chi connectivity index (χ1n) is 7.79. The summed E-state index contributed by atoms with van der Waals surface area (Å²) >= 11 is 0. The largest absolute Gasteiger partial charge is 0.480 e. The number of carbonyl (C=O) groups excluding carboxylic acids is 1. The quantitative estimate of drug-likeness (QED) is 0.873. The average Bonchev–Trinajstić information content (AvgIpc) is 2.93. The highest BCUT2D eigenvalue weighted by Gasteiger charge is 2.33. The second-order valence-electron chi connectivity index (χ2n) is 6.07. The molecule has 22 heavy (non-hydrogen) atoms. The van der Waals surface area contributed by atoms with Gasteiger partial charge in [-0.05, 0) is 38.8 Å². The summed E-state index contributed by atoms with van der Waals surface area (Å²) in [5.74, 6) is -0.837. The van der Waals surface area contributed by atoms with Gasteiger partial charge in [0, 0.05) is 12.6 Å². The molecule has 0 aromatic heterocycles. The van der Waals surface area contributed by atoms with Crippen molar-refractivity contribution in [2.24, 2.45) is 0 Å². The molecule has 0 spiro atoms. The zero-order valence-corrected chi connectivity index (χ0v) is 13.2. The summed E-state index contributed by atoms with van der Waals surface area (Å²) in [7, 11) is 0. The van der Waals surface area contributed by atoms with Gasteiger partial charge in [0.1, 0.15) is 6.04 Å². The fourth-order valence-corrected chi connectivity index (χ4v) is 2.90. The number of carboxylic acid groups (broad SMARTS) is 1. The summed E-state index contributed by atoms with van der Waals surface area (Å²) in [5.41, 5.74) is 1.08. The van der Waals surface area contributed by atoms with Crippen LogP contribution in [0.4, 0.5) is 0 Å². The zero-order chi connectivity index (χ0) is 16.1. The first-order chi connectivity index (χ1) is 10.5. The number of benzene rings is 1. The Balaban J connectivity index is 2.02. The van der Waals surface area contributed by atoms with Crippen molar-refractivity contribution in [2.45, 2.75) is 45.3 Å². The van der Waals surface area contributed by atoms with Gasteiger partial charge in [-0.25, -0.2) is 0 Å². The third-order valence-electron chi connectivity index (χ3n) is 4.13. The number of likely N-dealkylation sites (tertiary alicyclic amines) is 1. The van der Waals surface area contributed by atoms with E-state index in [1.807, 2.05) is 49.1 Å². The Hall–Kier alpha value is -1.88. The van der Waals surface area contributed by atoms with Crippen LogP contribution in [0.3, 0.4) is 0 Å². The fourth-order valence-electron chi connectivity index (χ4n) is 2.90. The minimum absolute atomic E-state index is 0.00740. The Labute approximate surface area is 131 Å². The molecule has 1 aromatic carbocycles. The maximum absolute atomic E-state index is 12.6. The van der Waals surface area contributed by atoms with Gasteiger partial charge in [-0.3, -0.25) is 14.5 Å². The molecule has 1 N–H and O–H groups in total. The number of aliphatic carboxylic acids is 1. The van der Waals surface area contributed by atoms with Gasteiger partial charge in [-0.15, -0.1) is 0 Å². The van der Waals surface area contributed by atoms with E-state index in [1.165, 1.54) is 0 Å². The van der Waals surface area contributed by atoms with Crippen molar-refractivity contribution in [1.82, 2.24) is 9.80 Å². The van der Waals surface area contributed by atoms with Crippen molar-refractivity contribution in [3.8, 4) is 0 Å². The van der Waals surface area contributed by atoms with Gasteiger partial charge in [0.2, 0.25) is 5.91 Å². The van der Waals surface area contributed by atoms with Gasteiger partial charge in [0.25, 0.3) is 0 Å². The number of carbonyl (C=O) groups is 2. The molecule has 0 unspecified atom stereocenters. The van der Waals surface area contributed by atoms with E-state index in [4.69, 9.17) is 0 Å². The van der Waals surface area contributed by atoms with Gasteiger partial charge in [-0.1, -0.05) is 30.3 Å². The number of hydrogen-bond acceptors (Lipinski definition) is 3. The van der Waals surface area contributed by atoms with E-state index in [0.717, 1.165) is 12.0 Å². The zero-order valence-electron chi connectivity index (χ0n) is 13.2. The second kappa shape index (κ2) is 7.40. The first-order valence-corrected chi connectivity index (χ1v) is 7.79. The Morgan fingerprint density at radius 1 is 1.32 bits per heavy atom. The number of rotatable bonds is 6. The molecule has 0 bridgehead atoms. The number of hydrogen-bond donors (Lipinski definition) is 1. The summed E-state index contributed by atoms with van der Waals surface area (Å²) in [5, 5.41) is 9.21. The molecule has 1 amide bonds. The summed E-state index contributed by atoms with van der Waals surface area (Å²) < 4.78 is 0. The van der Waals surface area contributed by atoms with Crippen LogP contribution in [0, 0.1) is 0 Å². The molecule has 1 aliphatic rings. The van der Waals surface area contributed by atoms with E-state index in [2.05, 4.69) is 0 Å². The summed E-state index contributed by atoms with van der Waals surface area (Å²) in [6, 6.07) is 9.43. The van der Waals surface area contributed by atoms with Crippen LogP contribution in [-0.2, 0) is 16.1 Å². The Morgan fingerprint density at radius 3 is 2.59 bits per heavy atom. The van der Waals surface area contributed by atoms with E-state index in [1.54, 1.807) is 4.90 Å². The number of carboxylic acids is 1. The molecule has 1 saturated heterocycles. The molecule has 0 radical (unpaired) electrons. The molecule has 5 nitrogen and oxygen atoms in total. The summed E-state index contributed by atoms with van der Waals surface area (Å²) in [6.07, 6.45) is 1.47. The van der Waals surface area contributed by atoms with Crippen LogP contribution in [0.1, 0.15) is 32.3 Å². The van der Waals surface area contributed by atoms with Gasteiger partial charge < -0.3 is 10.0 Å². The van der Waals surface area contributed by atoms with E-state index in [0.29, 0.717) is 19.5 Å². The Morgan fingerprint density at radius 2 is 2.00 bits per heavy atom. The smallest absolute Gasteiger partial charge is 0.320 e. The molecule has 2 rings (SSSR count). The lowest BCUT2D eigenvalue weighted by Crippen LogP contribution is -2.46. The summed E-state index contributed by atoms with van der Waals surface area (Å²) in [6.45, 7) is 5.39. The van der Waals surface area contributed by atoms with Crippen molar-refractivity contribution in [2.75, 3.05) is 13.1 Å². The minimum Gasteiger partial charge on any atom is -0.480 e. The predicted molar refractivity (Wildman–Crippen MR) is 84.4 cm³/mol. The normalized spacial score (nSPS) is 18.6. The van der Waals surface area contributed by atoms with Gasteiger partial charge >= 0.3 is 5.97 Å². The SMILES string of the molecule is CC(C)N(Cc1ccccc1)C(=O)CN1CCC[C@@H]1C(=O)O. The van der Waals surface area contributed by atoms with Crippen molar-refractivity contribution < 1.29 is 14.7 Å². The molecule has 5 heteroatoms. The topological polar surface area (TPSA) is 60.9 Å². The van der Waals surface area contributed by atoms with Crippen LogP contribution in [-0.4, -0.2) is 52.0 Å². The van der Waals surface area contributed by atoms with Crippen molar-refractivity contribution >= 4 is 11.9 Å². The monoisotopic (exact) mass is 304 g/mol. The van der Waals surface area contributed by atoms with Crippen LogP contribution in [0.2, 0.25) is 0 Å². The fraction of sp³-hybridized carbons (Fsp3) is 0.529. The van der Waals surface area contributed by atoms with Crippen LogP contribution in [0.25, 0.3) is 0 Å². The van der Waals surface area contributed by atoms with E-state index >= 15 is 0 Å². The highest BCUT2D eigenvalue weighted by molar-refractivity contribution is 5.80. The number of amides is 1. The molecule has 1 aromatic rings. The Bertz CT molecular complexity index is 516. The maximum Gasteiger partial charge on any atom is 0.320 e. The number of nitrogens with zero attached hydrogens (tertiary/aromatic N) is 2. The standard InChI is InChI=1S/C17H24N2O3/c1-13(2)19(11-14-7-4-3-5-8-14)16(20)12-18-10-6-9-15(18)17(21)22/h3-5,7-8,13,15H,6,9-12H2,1-2H3,(H,21,22)/t15-/m1/s1.